The monoisotopic (exact) mass is 474 g/mol. The molecule has 2 atom stereocenters. The van der Waals surface area contributed by atoms with Crippen molar-refractivity contribution in [2.45, 2.75) is 58.0 Å². The van der Waals surface area contributed by atoms with E-state index in [0.717, 1.165) is 37.7 Å². The molecule has 1 aliphatic heterocycles. The molecular weight excluding hydrogens is 443 g/mol. The van der Waals surface area contributed by atoms with Crippen molar-refractivity contribution < 1.29 is 9.21 Å². The van der Waals surface area contributed by atoms with Crippen molar-refractivity contribution in [3.63, 3.8) is 0 Å². The van der Waals surface area contributed by atoms with Crippen LogP contribution in [-0.2, 0) is 11.2 Å². The number of likely N-dealkylation sites (tertiary alicyclic amines) is 1. The molecule has 0 aromatic carbocycles. The zero-order valence-electron chi connectivity index (χ0n) is 15.7. The number of amides is 1. The van der Waals surface area contributed by atoms with Gasteiger partial charge in [0.25, 0.3) is 0 Å². The van der Waals surface area contributed by atoms with Gasteiger partial charge in [0.2, 0.25) is 5.91 Å². The van der Waals surface area contributed by atoms with Crippen LogP contribution in [0.5, 0.6) is 0 Å². The maximum atomic E-state index is 12.1. The lowest BCUT2D eigenvalue weighted by Crippen LogP contribution is -2.43. The number of hydrogen-bond acceptors (Lipinski definition) is 3. The molecule has 0 radical (unpaired) electrons. The van der Waals surface area contributed by atoms with Crippen LogP contribution < -0.4 is 10.6 Å². The lowest BCUT2D eigenvalue weighted by atomic mass is 10.1. The predicted octanol–water partition coefficient (Wildman–Crippen LogP) is 2.78. The third-order valence-electron chi connectivity index (χ3n) is 4.97. The molecule has 2 N–H and O–H groups in total. The summed E-state index contributed by atoms with van der Waals surface area (Å²) in [4.78, 5) is 18.9. The van der Waals surface area contributed by atoms with Gasteiger partial charge in [0.15, 0.2) is 5.96 Å². The van der Waals surface area contributed by atoms with Gasteiger partial charge < -0.3 is 20.0 Å². The topological polar surface area (TPSA) is 69.9 Å². The molecule has 146 valence electrons. The van der Waals surface area contributed by atoms with Gasteiger partial charge in [-0.15, -0.1) is 24.0 Å². The molecule has 7 heteroatoms. The van der Waals surface area contributed by atoms with E-state index in [1.807, 2.05) is 12.1 Å². The average molecular weight is 474 g/mol. The van der Waals surface area contributed by atoms with Gasteiger partial charge in [0, 0.05) is 50.5 Å². The van der Waals surface area contributed by atoms with Gasteiger partial charge in [0.1, 0.15) is 5.76 Å². The van der Waals surface area contributed by atoms with E-state index < -0.39 is 0 Å². The van der Waals surface area contributed by atoms with Crippen LogP contribution >= 0.6 is 24.0 Å². The normalized spacial score (nSPS) is 21.5. The molecule has 3 rings (SSSR count). The van der Waals surface area contributed by atoms with Crippen molar-refractivity contribution in [2.75, 3.05) is 19.6 Å². The highest BCUT2D eigenvalue weighted by Crippen LogP contribution is 2.32. The van der Waals surface area contributed by atoms with Gasteiger partial charge in [-0.25, -0.2) is 0 Å². The lowest BCUT2D eigenvalue weighted by Gasteiger charge is -2.18. The highest BCUT2D eigenvalue weighted by molar-refractivity contribution is 14.0. The first-order chi connectivity index (χ1) is 12.2. The van der Waals surface area contributed by atoms with Gasteiger partial charge in [-0.1, -0.05) is 6.92 Å². The maximum absolute atomic E-state index is 12.1. The molecule has 6 nitrogen and oxygen atoms in total. The minimum atomic E-state index is 0. The molecule has 2 heterocycles. The van der Waals surface area contributed by atoms with Crippen molar-refractivity contribution in [3.8, 4) is 0 Å². The number of nitrogens with zero attached hydrogens (tertiary/aromatic N) is 2. The number of carbonyl (C=O) groups excluding carboxylic acids is 1. The van der Waals surface area contributed by atoms with Crippen molar-refractivity contribution in [2.24, 2.45) is 10.9 Å². The van der Waals surface area contributed by atoms with Crippen molar-refractivity contribution in [3.05, 3.63) is 24.2 Å². The Morgan fingerprint density at radius 1 is 1.46 bits per heavy atom. The molecule has 26 heavy (non-hydrogen) atoms. The van der Waals surface area contributed by atoms with Gasteiger partial charge in [-0.2, -0.15) is 0 Å². The Labute approximate surface area is 173 Å². The van der Waals surface area contributed by atoms with E-state index in [4.69, 9.17) is 9.41 Å². The van der Waals surface area contributed by atoms with Gasteiger partial charge >= 0.3 is 0 Å². The molecule has 0 bridgehead atoms. The first kappa shape index (κ1) is 21.1. The minimum Gasteiger partial charge on any atom is -0.469 e. The van der Waals surface area contributed by atoms with Crippen molar-refractivity contribution >= 4 is 35.8 Å². The summed E-state index contributed by atoms with van der Waals surface area (Å²) >= 11 is 0. The van der Waals surface area contributed by atoms with Gasteiger partial charge in [0.05, 0.1) is 6.26 Å². The summed E-state index contributed by atoms with van der Waals surface area (Å²) in [7, 11) is 0. The number of nitrogens with one attached hydrogen (secondary N) is 2. The molecule has 2 fully saturated rings. The Bertz CT molecular complexity index is 586. The van der Waals surface area contributed by atoms with Gasteiger partial charge in [-0.05, 0) is 38.3 Å². The first-order valence-electron chi connectivity index (χ1n) is 9.52. The van der Waals surface area contributed by atoms with Crippen LogP contribution in [0.25, 0.3) is 0 Å². The van der Waals surface area contributed by atoms with Crippen LogP contribution in [0.3, 0.4) is 0 Å². The van der Waals surface area contributed by atoms with E-state index in [0.29, 0.717) is 36.9 Å². The maximum Gasteiger partial charge on any atom is 0.223 e. The third-order valence-corrected chi connectivity index (χ3v) is 4.97. The highest BCUT2D eigenvalue weighted by Gasteiger charge is 2.39. The van der Waals surface area contributed by atoms with E-state index in [1.54, 1.807) is 6.26 Å². The largest absolute Gasteiger partial charge is 0.469 e. The van der Waals surface area contributed by atoms with Crippen molar-refractivity contribution in [1.29, 1.82) is 0 Å². The van der Waals surface area contributed by atoms with E-state index in [-0.39, 0.29) is 24.0 Å². The number of furan rings is 1. The molecule has 2 aliphatic rings. The lowest BCUT2D eigenvalue weighted by molar-refractivity contribution is -0.128. The Balaban J connectivity index is 0.00000243. The van der Waals surface area contributed by atoms with E-state index in [2.05, 4.69) is 29.4 Å². The zero-order chi connectivity index (χ0) is 17.6. The van der Waals surface area contributed by atoms with E-state index >= 15 is 0 Å². The van der Waals surface area contributed by atoms with Crippen molar-refractivity contribution in [1.82, 2.24) is 15.5 Å². The van der Waals surface area contributed by atoms with Gasteiger partial charge in [-0.3, -0.25) is 9.79 Å². The van der Waals surface area contributed by atoms with Crippen LogP contribution in [-0.4, -0.2) is 48.5 Å². The molecular formula is C19H31IN4O2. The highest BCUT2D eigenvalue weighted by atomic mass is 127. The molecule has 1 saturated carbocycles. The average Bonchev–Trinajstić information content (AvgIpc) is 3.18. The summed E-state index contributed by atoms with van der Waals surface area (Å²) < 4.78 is 5.37. The standard InChI is InChI=1S/C19H30N4O2.HI/c1-3-14(2)22-19(20-9-8-17-5-4-10-25-17)21-12-15-11-18(24)23(13-15)16-6-7-16;/h4-5,10,14-16H,3,6-9,11-13H2,1-2H3,(H2,20,21,22);1H. The second-order valence-electron chi connectivity index (χ2n) is 7.25. The fourth-order valence-electron chi connectivity index (χ4n) is 3.14. The smallest absolute Gasteiger partial charge is 0.223 e. The third kappa shape index (κ3) is 6.17. The SMILES string of the molecule is CCC(C)NC(=NCC1CC(=O)N(C2CC2)C1)NCCc1ccco1.I. The van der Waals surface area contributed by atoms with Crippen LogP contribution in [0, 0.1) is 5.92 Å². The molecule has 1 aromatic rings. The molecule has 0 spiro atoms. The van der Waals surface area contributed by atoms with E-state index in [9.17, 15) is 4.79 Å². The number of aliphatic imine (C=N–C) groups is 1. The summed E-state index contributed by atoms with van der Waals surface area (Å²) in [6.45, 7) is 6.64. The summed E-state index contributed by atoms with van der Waals surface area (Å²) in [6.07, 6.45) is 6.56. The summed E-state index contributed by atoms with van der Waals surface area (Å²) in [5.41, 5.74) is 0. The van der Waals surface area contributed by atoms with Crippen LogP contribution in [0.15, 0.2) is 27.8 Å². The first-order valence-corrected chi connectivity index (χ1v) is 9.52. The molecule has 2 unspecified atom stereocenters. The number of guanidine groups is 1. The zero-order valence-corrected chi connectivity index (χ0v) is 18.1. The van der Waals surface area contributed by atoms with Crippen LogP contribution in [0.4, 0.5) is 0 Å². The molecule has 1 aromatic heterocycles. The molecule has 1 saturated heterocycles. The second-order valence-corrected chi connectivity index (χ2v) is 7.25. The summed E-state index contributed by atoms with van der Waals surface area (Å²) in [6, 6.07) is 4.77. The second kappa shape index (κ2) is 10.2. The fraction of sp³-hybridized carbons (Fsp3) is 0.684. The number of halogens is 1. The van der Waals surface area contributed by atoms with Crippen LogP contribution in [0.1, 0.15) is 45.3 Å². The quantitative estimate of drug-likeness (QED) is 0.346. The number of rotatable bonds is 8. The number of carbonyl (C=O) groups is 1. The predicted molar refractivity (Wildman–Crippen MR) is 114 cm³/mol. The fourth-order valence-corrected chi connectivity index (χ4v) is 3.14. The number of hydrogen-bond donors (Lipinski definition) is 2. The summed E-state index contributed by atoms with van der Waals surface area (Å²) in [5, 5.41) is 6.82. The van der Waals surface area contributed by atoms with E-state index in [1.165, 1.54) is 12.8 Å². The van der Waals surface area contributed by atoms with Crippen LogP contribution in [0.2, 0.25) is 0 Å². The summed E-state index contributed by atoms with van der Waals surface area (Å²) in [5.74, 6) is 2.45. The minimum absolute atomic E-state index is 0. The Kier molecular flexibility index (Phi) is 8.24. The Morgan fingerprint density at radius 3 is 2.92 bits per heavy atom. The Hall–Kier alpha value is -1.25. The Morgan fingerprint density at radius 2 is 2.27 bits per heavy atom. The molecule has 1 aliphatic carbocycles. The molecule has 1 amide bonds.